The van der Waals surface area contributed by atoms with Crippen molar-refractivity contribution < 1.29 is 19.0 Å². The second-order valence-electron chi connectivity index (χ2n) is 4.20. The molecule has 1 N–H and O–H groups in total. The molecule has 0 radical (unpaired) electrons. The van der Waals surface area contributed by atoms with Crippen molar-refractivity contribution in [2.45, 2.75) is 13.0 Å². The molecular formula is C13H17BrFNO3. The van der Waals surface area contributed by atoms with Crippen LogP contribution in [0, 0.1) is 5.82 Å². The number of carboxylic acids is 1. The van der Waals surface area contributed by atoms with Crippen molar-refractivity contribution in [3.05, 3.63) is 34.1 Å². The summed E-state index contributed by atoms with van der Waals surface area (Å²) in [5, 5.41) is 8.92. The Morgan fingerprint density at radius 3 is 2.84 bits per heavy atom. The van der Waals surface area contributed by atoms with Gasteiger partial charge in [-0.1, -0.05) is 15.9 Å². The van der Waals surface area contributed by atoms with Crippen molar-refractivity contribution in [3.63, 3.8) is 0 Å². The predicted octanol–water partition coefficient (Wildman–Crippen LogP) is 2.68. The first kappa shape index (κ1) is 16.1. The Hall–Kier alpha value is -0.980. The lowest BCUT2D eigenvalue weighted by molar-refractivity contribution is -0.139. The van der Waals surface area contributed by atoms with Gasteiger partial charge in [-0.15, -0.1) is 0 Å². The van der Waals surface area contributed by atoms with Gasteiger partial charge in [-0.25, -0.2) is 4.39 Å². The maximum atomic E-state index is 13.8. The highest BCUT2D eigenvalue weighted by Crippen LogP contribution is 2.25. The third kappa shape index (κ3) is 4.89. The highest BCUT2D eigenvalue weighted by atomic mass is 79.9. The van der Waals surface area contributed by atoms with Gasteiger partial charge < -0.3 is 9.84 Å². The summed E-state index contributed by atoms with van der Waals surface area (Å²) >= 11 is 3.29. The van der Waals surface area contributed by atoms with Crippen molar-refractivity contribution in [1.82, 2.24) is 4.90 Å². The molecule has 0 heterocycles. The van der Waals surface area contributed by atoms with E-state index in [2.05, 4.69) is 15.9 Å². The van der Waals surface area contributed by atoms with Crippen LogP contribution in [-0.4, -0.2) is 42.8 Å². The van der Waals surface area contributed by atoms with Crippen molar-refractivity contribution in [2.75, 3.05) is 26.8 Å². The molecule has 0 bridgehead atoms. The van der Waals surface area contributed by atoms with E-state index in [-0.39, 0.29) is 18.4 Å². The summed E-state index contributed by atoms with van der Waals surface area (Å²) in [6.45, 7) is 2.45. The summed E-state index contributed by atoms with van der Waals surface area (Å²) < 4.78 is 19.5. The molecule has 1 rings (SSSR count). The van der Waals surface area contributed by atoms with E-state index >= 15 is 0 Å². The van der Waals surface area contributed by atoms with Crippen molar-refractivity contribution in [2.24, 2.45) is 0 Å². The zero-order valence-electron chi connectivity index (χ0n) is 10.9. The van der Waals surface area contributed by atoms with Gasteiger partial charge in [0.25, 0.3) is 0 Å². The van der Waals surface area contributed by atoms with Crippen molar-refractivity contribution >= 4 is 21.9 Å². The fraction of sp³-hybridized carbons (Fsp3) is 0.462. The molecule has 0 fully saturated rings. The summed E-state index contributed by atoms with van der Waals surface area (Å²) in [6, 6.07) is 4.30. The van der Waals surface area contributed by atoms with Gasteiger partial charge in [-0.05, 0) is 25.1 Å². The molecule has 19 heavy (non-hydrogen) atoms. The van der Waals surface area contributed by atoms with E-state index in [0.29, 0.717) is 18.7 Å². The average molecular weight is 334 g/mol. The normalized spacial score (nSPS) is 12.7. The zero-order chi connectivity index (χ0) is 14.4. The number of nitrogens with zero attached hydrogens (tertiary/aromatic N) is 1. The van der Waals surface area contributed by atoms with Crippen LogP contribution in [0.5, 0.6) is 0 Å². The zero-order valence-corrected chi connectivity index (χ0v) is 12.5. The Balaban J connectivity index is 2.93. The van der Waals surface area contributed by atoms with Gasteiger partial charge in [0.15, 0.2) is 0 Å². The Morgan fingerprint density at radius 2 is 2.26 bits per heavy atom. The van der Waals surface area contributed by atoms with Gasteiger partial charge in [0, 0.05) is 29.7 Å². The Labute approximate surface area is 120 Å². The van der Waals surface area contributed by atoms with E-state index in [4.69, 9.17) is 9.84 Å². The van der Waals surface area contributed by atoms with Gasteiger partial charge in [-0.2, -0.15) is 0 Å². The van der Waals surface area contributed by atoms with Crippen molar-refractivity contribution in [1.29, 1.82) is 0 Å². The number of methoxy groups -OCH3 is 1. The SMILES string of the molecule is COCCN(CC(=O)O)C(C)c1cc(Br)ccc1F. The molecule has 0 saturated carbocycles. The highest BCUT2D eigenvalue weighted by Gasteiger charge is 2.21. The molecule has 1 aromatic carbocycles. The summed E-state index contributed by atoms with van der Waals surface area (Å²) in [5.41, 5.74) is 0.465. The first-order valence-electron chi connectivity index (χ1n) is 5.85. The van der Waals surface area contributed by atoms with Crippen LogP contribution >= 0.6 is 15.9 Å². The van der Waals surface area contributed by atoms with Gasteiger partial charge in [-0.3, -0.25) is 9.69 Å². The topological polar surface area (TPSA) is 49.8 Å². The second-order valence-corrected chi connectivity index (χ2v) is 5.11. The van der Waals surface area contributed by atoms with E-state index in [1.807, 2.05) is 0 Å². The molecule has 1 atom stereocenters. The van der Waals surface area contributed by atoms with Crippen LogP contribution in [0.4, 0.5) is 4.39 Å². The van der Waals surface area contributed by atoms with E-state index in [1.165, 1.54) is 6.07 Å². The molecule has 0 aliphatic carbocycles. The average Bonchev–Trinajstić information content (AvgIpc) is 2.36. The van der Waals surface area contributed by atoms with Crippen LogP contribution in [0.25, 0.3) is 0 Å². The lowest BCUT2D eigenvalue weighted by Gasteiger charge is -2.28. The van der Waals surface area contributed by atoms with Crippen molar-refractivity contribution in [3.8, 4) is 0 Å². The molecular weight excluding hydrogens is 317 g/mol. The summed E-state index contributed by atoms with van der Waals surface area (Å²) in [6.07, 6.45) is 0. The first-order valence-corrected chi connectivity index (χ1v) is 6.64. The van der Waals surface area contributed by atoms with E-state index in [0.717, 1.165) is 4.47 Å². The number of hydrogen-bond donors (Lipinski definition) is 1. The molecule has 0 aliphatic heterocycles. The lowest BCUT2D eigenvalue weighted by atomic mass is 10.1. The number of benzene rings is 1. The smallest absolute Gasteiger partial charge is 0.317 e. The molecule has 0 aliphatic rings. The Bertz CT molecular complexity index is 442. The number of ether oxygens (including phenoxy) is 1. The Kier molecular flexibility index (Phi) is 6.41. The number of carbonyl (C=O) groups is 1. The minimum Gasteiger partial charge on any atom is -0.480 e. The largest absolute Gasteiger partial charge is 0.480 e. The monoisotopic (exact) mass is 333 g/mol. The molecule has 0 spiro atoms. The third-order valence-corrected chi connectivity index (χ3v) is 3.37. The van der Waals surface area contributed by atoms with E-state index in [1.54, 1.807) is 31.1 Å². The molecule has 4 nitrogen and oxygen atoms in total. The first-order chi connectivity index (χ1) is 8.95. The highest BCUT2D eigenvalue weighted by molar-refractivity contribution is 9.10. The van der Waals surface area contributed by atoms with E-state index < -0.39 is 5.97 Å². The molecule has 106 valence electrons. The van der Waals surface area contributed by atoms with Gasteiger partial charge in [0.1, 0.15) is 5.82 Å². The second kappa shape index (κ2) is 7.57. The van der Waals surface area contributed by atoms with Crippen LogP contribution < -0.4 is 0 Å². The maximum Gasteiger partial charge on any atom is 0.317 e. The maximum absolute atomic E-state index is 13.8. The number of carboxylic acid groups (broad SMARTS) is 1. The third-order valence-electron chi connectivity index (χ3n) is 2.88. The van der Waals surface area contributed by atoms with Crippen LogP contribution in [0.3, 0.4) is 0 Å². The summed E-state index contributed by atoms with van der Waals surface area (Å²) in [5.74, 6) is -1.29. The Morgan fingerprint density at radius 1 is 1.58 bits per heavy atom. The van der Waals surface area contributed by atoms with Crippen LogP contribution in [0.15, 0.2) is 22.7 Å². The van der Waals surface area contributed by atoms with Crippen LogP contribution in [0.2, 0.25) is 0 Å². The molecule has 1 aromatic rings. The predicted molar refractivity (Wildman–Crippen MR) is 73.6 cm³/mol. The number of hydrogen-bond acceptors (Lipinski definition) is 3. The van der Waals surface area contributed by atoms with Gasteiger partial charge in [0.2, 0.25) is 0 Å². The number of aliphatic carboxylic acids is 1. The summed E-state index contributed by atoms with van der Waals surface area (Å²) in [7, 11) is 1.54. The molecule has 0 saturated heterocycles. The minimum atomic E-state index is -0.946. The fourth-order valence-corrected chi connectivity index (χ4v) is 2.20. The quantitative estimate of drug-likeness (QED) is 0.833. The number of halogens is 2. The number of rotatable bonds is 7. The van der Waals surface area contributed by atoms with E-state index in [9.17, 15) is 9.18 Å². The minimum absolute atomic E-state index is 0.156. The van der Waals surface area contributed by atoms with Gasteiger partial charge >= 0.3 is 5.97 Å². The van der Waals surface area contributed by atoms with Crippen LogP contribution in [0.1, 0.15) is 18.5 Å². The van der Waals surface area contributed by atoms with Crippen LogP contribution in [-0.2, 0) is 9.53 Å². The van der Waals surface area contributed by atoms with Gasteiger partial charge in [0.05, 0.1) is 13.2 Å². The fourth-order valence-electron chi connectivity index (χ4n) is 1.82. The lowest BCUT2D eigenvalue weighted by Crippen LogP contribution is -2.35. The molecule has 0 aromatic heterocycles. The standard InChI is InChI=1S/C13H17BrFNO3/c1-9(11-7-10(14)3-4-12(11)15)16(5-6-19-2)8-13(17)18/h3-4,7,9H,5-6,8H2,1-2H3,(H,17,18). The summed E-state index contributed by atoms with van der Waals surface area (Å²) in [4.78, 5) is 12.5. The molecule has 6 heteroatoms. The molecule has 0 amide bonds. The molecule has 1 unspecified atom stereocenters.